The molecule has 0 bridgehead atoms. The van der Waals surface area contributed by atoms with E-state index < -0.39 is 0 Å². The summed E-state index contributed by atoms with van der Waals surface area (Å²) in [5.74, 6) is 2.66. The molecule has 0 unspecified atom stereocenters. The van der Waals surface area contributed by atoms with Crippen molar-refractivity contribution in [2.24, 2.45) is 0 Å². The van der Waals surface area contributed by atoms with E-state index in [1.807, 2.05) is 97.7 Å². The molecule has 0 amide bonds. The van der Waals surface area contributed by atoms with Crippen molar-refractivity contribution in [3.05, 3.63) is 167 Å². The largest absolute Gasteiger partial charge is 0.342 e. The quantitative estimate of drug-likeness (QED) is 0.0984. The summed E-state index contributed by atoms with van der Waals surface area (Å²) in [5, 5.41) is 0.586. The summed E-state index contributed by atoms with van der Waals surface area (Å²) in [5.41, 5.74) is 8.57. The zero-order valence-corrected chi connectivity index (χ0v) is 29.5. The number of hydrogen-bond donors (Lipinski definition) is 0. The zero-order valence-electron chi connectivity index (χ0n) is 28.7. The number of Topliss-reactive ketones (excluding diaryl/α,β-unsaturated/α-hetero) is 2. The molecule has 6 aromatic rings. The number of rotatable bonds is 11. The number of anilines is 4. The maximum atomic E-state index is 12.6. The fourth-order valence-electron chi connectivity index (χ4n) is 5.46. The van der Waals surface area contributed by atoms with E-state index in [1.165, 1.54) is 12.7 Å². The van der Waals surface area contributed by atoms with E-state index >= 15 is 0 Å². The van der Waals surface area contributed by atoms with E-state index in [0.29, 0.717) is 28.1 Å². The molecule has 0 aliphatic carbocycles. The summed E-state index contributed by atoms with van der Waals surface area (Å²) in [7, 11) is 1.92. The lowest BCUT2D eigenvalue weighted by atomic mass is 10.0. The molecule has 0 fully saturated rings. The second kappa shape index (κ2) is 17.5. The predicted octanol–water partition coefficient (Wildman–Crippen LogP) is 8.67. The minimum Gasteiger partial charge on any atom is -0.342 e. The van der Waals surface area contributed by atoms with Gasteiger partial charge in [0.15, 0.2) is 11.6 Å². The molecule has 0 atom stereocenters. The van der Waals surface area contributed by atoms with Crippen molar-refractivity contribution in [3.8, 4) is 12.3 Å². The molecule has 254 valence electrons. The minimum absolute atomic E-state index is 0.0466. The highest BCUT2D eigenvalue weighted by atomic mass is 35.5. The maximum Gasteiger partial charge on any atom is 0.167 e. The van der Waals surface area contributed by atoms with Crippen LogP contribution in [0.3, 0.4) is 0 Å². The number of ketones is 2. The van der Waals surface area contributed by atoms with Gasteiger partial charge >= 0.3 is 0 Å². The summed E-state index contributed by atoms with van der Waals surface area (Å²) in [6.45, 7) is 4.81. The van der Waals surface area contributed by atoms with Crippen LogP contribution in [-0.4, -0.2) is 45.1 Å². The Bertz CT molecular complexity index is 2150. The number of hydrogen-bond acceptors (Lipinski definition) is 8. The lowest BCUT2D eigenvalue weighted by Crippen LogP contribution is -2.16. The first-order valence-corrected chi connectivity index (χ1v) is 16.7. The zero-order chi connectivity index (χ0) is 36.2. The molecule has 0 aliphatic heterocycles. The second-order valence-corrected chi connectivity index (χ2v) is 12.1. The van der Waals surface area contributed by atoms with E-state index in [-0.39, 0.29) is 18.0 Å². The Kier molecular flexibility index (Phi) is 12.4. The van der Waals surface area contributed by atoms with Crippen LogP contribution < -0.4 is 9.80 Å². The summed E-state index contributed by atoms with van der Waals surface area (Å²) >= 11 is 6.31. The average Bonchev–Trinajstić information content (AvgIpc) is 3.17. The smallest absolute Gasteiger partial charge is 0.167 e. The van der Waals surface area contributed by atoms with Crippen LogP contribution in [0.5, 0.6) is 0 Å². The number of benzene rings is 4. The summed E-state index contributed by atoms with van der Waals surface area (Å²) in [6.07, 6.45) is 16.0. The van der Waals surface area contributed by atoms with Crippen LogP contribution >= 0.6 is 11.6 Å². The number of aromatic nitrogens is 4. The Morgan fingerprint density at radius 1 is 0.706 bits per heavy atom. The topological polar surface area (TPSA) is 92.2 Å². The molecular formula is C42H37ClN6O2. The fourth-order valence-corrected chi connectivity index (χ4v) is 5.65. The molecule has 8 nitrogen and oxygen atoms in total. The number of terminal acetylenes is 1. The lowest BCUT2D eigenvalue weighted by molar-refractivity contribution is 0.0984. The highest BCUT2D eigenvalue weighted by Gasteiger charge is 2.14. The van der Waals surface area contributed by atoms with Crippen molar-refractivity contribution in [2.75, 3.05) is 23.4 Å². The monoisotopic (exact) mass is 692 g/mol. The van der Waals surface area contributed by atoms with Crippen molar-refractivity contribution in [2.45, 2.75) is 26.7 Å². The molecule has 9 heteroatoms. The molecule has 51 heavy (non-hydrogen) atoms. The Balaban J connectivity index is 0.000000198. The highest BCUT2D eigenvalue weighted by Crippen LogP contribution is 2.28. The second-order valence-electron chi connectivity index (χ2n) is 11.7. The predicted molar refractivity (Wildman–Crippen MR) is 204 cm³/mol. The first kappa shape index (κ1) is 36.1. The van der Waals surface area contributed by atoms with Crippen LogP contribution in [0.1, 0.15) is 49.9 Å². The van der Waals surface area contributed by atoms with Gasteiger partial charge in [-0.3, -0.25) is 9.59 Å². The molecule has 0 radical (unpaired) electrons. The molecule has 4 aromatic carbocycles. The van der Waals surface area contributed by atoms with Gasteiger partial charge in [0.2, 0.25) is 0 Å². The molecule has 0 spiro atoms. The van der Waals surface area contributed by atoms with Gasteiger partial charge in [0.1, 0.15) is 12.7 Å². The summed E-state index contributed by atoms with van der Waals surface area (Å²) in [6, 6.07) is 28.4. The molecule has 0 saturated heterocycles. The number of aryl methyl sites for hydroxylation is 1. The summed E-state index contributed by atoms with van der Waals surface area (Å²) in [4.78, 5) is 45.5. The van der Waals surface area contributed by atoms with Gasteiger partial charge in [-0.2, -0.15) is 0 Å². The Morgan fingerprint density at radius 2 is 1.33 bits per heavy atom. The van der Waals surface area contributed by atoms with Crippen molar-refractivity contribution >= 4 is 45.9 Å². The average molecular weight is 693 g/mol. The minimum atomic E-state index is 0.0466. The maximum absolute atomic E-state index is 12.6. The van der Waals surface area contributed by atoms with Crippen molar-refractivity contribution < 1.29 is 9.59 Å². The van der Waals surface area contributed by atoms with Gasteiger partial charge < -0.3 is 9.80 Å². The van der Waals surface area contributed by atoms with E-state index in [4.69, 9.17) is 18.0 Å². The molecule has 6 rings (SSSR count). The molecule has 0 N–H and O–H groups in total. The van der Waals surface area contributed by atoms with Gasteiger partial charge in [-0.15, -0.1) is 6.42 Å². The van der Waals surface area contributed by atoms with E-state index in [9.17, 15) is 9.59 Å². The van der Waals surface area contributed by atoms with Crippen LogP contribution in [0.15, 0.2) is 128 Å². The van der Waals surface area contributed by atoms with Crippen molar-refractivity contribution in [3.63, 3.8) is 0 Å². The van der Waals surface area contributed by atoms with Gasteiger partial charge in [-0.1, -0.05) is 65.5 Å². The van der Waals surface area contributed by atoms with Crippen molar-refractivity contribution in [1.82, 2.24) is 19.9 Å². The van der Waals surface area contributed by atoms with Gasteiger partial charge in [-0.25, -0.2) is 19.9 Å². The Morgan fingerprint density at radius 3 is 2.00 bits per heavy atom. The fraction of sp³-hybridized carbons (Fsp3) is 0.143. The molecule has 2 heterocycles. The highest BCUT2D eigenvalue weighted by molar-refractivity contribution is 6.31. The van der Waals surface area contributed by atoms with Crippen LogP contribution in [0.2, 0.25) is 5.02 Å². The van der Waals surface area contributed by atoms with E-state index in [2.05, 4.69) is 37.7 Å². The SMILES string of the molecule is C#Cc1cccc(C(=O)Cc2cccc(N(CC)c3cncnc3)c2)c1.Cc1cccc(C(=O)Cc2cc(N(C)c3cncnc3)ccc2Cl)c1. The van der Waals surface area contributed by atoms with Gasteiger partial charge in [0.05, 0.1) is 36.2 Å². The van der Waals surface area contributed by atoms with Gasteiger partial charge in [0.25, 0.3) is 0 Å². The first-order chi connectivity index (χ1) is 24.7. The Hall–Kier alpha value is -6.17. The van der Waals surface area contributed by atoms with Crippen LogP contribution in [0.25, 0.3) is 0 Å². The number of carbonyl (C=O) groups is 2. The molecule has 0 aliphatic rings. The van der Waals surface area contributed by atoms with Crippen molar-refractivity contribution in [1.29, 1.82) is 0 Å². The van der Waals surface area contributed by atoms with E-state index in [1.54, 1.807) is 36.9 Å². The number of carbonyl (C=O) groups excluding carboxylic acids is 2. The third-order valence-corrected chi connectivity index (χ3v) is 8.52. The van der Waals surface area contributed by atoms with E-state index in [0.717, 1.165) is 46.0 Å². The first-order valence-electron chi connectivity index (χ1n) is 16.3. The molecule has 2 aromatic heterocycles. The van der Waals surface area contributed by atoms with Gasteiger partial charge in [-0.05, 0) is 73.5 Å². The van der Waals surface area contributed by atoms with Crippen LogP contribution in [0, 0.1) is 19.3 Å². The lowest BCUT2D eigenvalue weighted by Gasteiger charge is -2.23. The van der Waals surface area contributed by atoms with Crippen LogP contribution in [-0.2, 0) is 12.8 Å². The molecule has 0 saturated carbocycles. The van der Waals surface area contributed by atoms with Crippen LogP contribution in [0.4, 0.5) is 22.7 Å². The third kappa shape index (κ3) is 9.72. The van der Waals surface area contributed by atoms with Gasteiger partial charge in [0, 0.05) is 59.5 Å². The normalized spacial score (nSPS) is 10.3. The summed E-state index contributed by atoms with van der Waals surface area (Å²) < 4.78 is 0. The standard InChI is InChI=1S/C22H19N3O.C20H18ClN3O/c1-3-17-7-5-9-19(11-17)22(26)13-18-8-6-10-20(12-18)25(4-2)21-14-23-16-24-15-21;1-14-4-3-5-15(8-14)20(25)10-16-9-17(6-7-19(16)21)24(2)18-11-22-13-23-12-18/h1,5-12,14-16H,4,13H2,2H3;3-9,11-13H,10H2,1-2H3. The third-order valence-electron chi connectivity index (χ3n) is 8.15. The number of nitrogens with zero attached hydrogens (tertiary/aromatic N) is 6. The molecular weight excluding hydrogens is 656 g/mol. The number of halogens is 1. The Labute approximate surface area is 303 Å².